The average Bonchev–Trinajstić information content (AvgIpc) is 2.49. The summed E-state index contributed by atoms with van der Waals surface area (Å²) in [6.45, 7) is 5.99. The number of aryl methyl sites for hydroxylation is 3. The van der Waals surface area contributed by atoms with Gasteiger partial charge in [-0.05, 0) is 26.3 Å². The van der Waals surface area contributed by atoms with E-state index in [4.69, 9.17) is 5.11 Å². The molecule has 0 aliphatic rings. The van der Waals surface area contributed by atoms with Crippen molar-refractivity contribution in [3.63, 3.8) is 0 Å². The smallest absolute Gasteiger partial charge is 0.262 e. The summed E-state index contributed by atoms with van der Waals surface area (Å²) in [5.41, 5.74) is 0.961. The summed E-state index contributed by atoms with van der Waals surface area (Å²) in [4.78, 5) is 18.5. The summed E-state index contributed by atoms with van der Waals surface area (Å²) in [6.07, 6.45) is 0. The van der Waals surface area contributed by atoms with Crippen molar-refractivity contribution in [3.8, 4) is 0 Å². The Morgan fingerprint density at radius 3 is 2.69 bits per heavy atom. The fourth-order valence-electron chi connectivity index (χ4n) is 1.79. The van der Waals surface area contributed by atoms with E-state index < -0.39 is 0 Å². The van der Waals surface area contributed by atoms with Crippen LogP contribution in [0.4, 0.5) is 0 Å². The summed E-state index contributed by atoms with van der Waals surface area (Å²) in [6, 6.07) is 0. The van der Waals surface area contributed by atoms with Gasteiger partial charge in [-0.1, -0.05) is 0 Å². The standard InChI is InChI=1S/C11H14N2O2S/c1-6-7(2)16-10-9(6)11(15)13(4-5-14)8(3)12-10/h14H,4-5H2,1-3H3. The SMILES string of the molecule is Cc1sc2nc(C)n(CCO)c(=O)c2c1C. The molecule has 0 atom stereocenters. The minimum absolute atomic E-state index is 0.0431. The van der Waals surface area contributed by atoms with Crippen LogP contribution in [0.25, 0.3) is 10.2 Å². The molecule has 1 N–H and O–H groups in total. The number of rotatable bonds is 2. The van der Waals surface area contributed by atoms with Crippen molar-refractivity contribution in [3.05, 3.63) is 26.6 Å². The van der Waals surface area contributed by atoms with E-state index in [9.17, 15) is 4.79 Å². The summed E-state index contributed by atoms with van der Waals surface area (Å²) in [5.74, 6) is 0.660. The lowest BCUT2D eigenvalue weighted by Gasteiger charge is -2.07. The lowest BCUT2D eigenvalue weighted by molar-refractivity contribution is 0.272. The van der Waals surface area contributed by atoms with E-state index in [1.807, 2.05) is 13.8 Å². The highest BCUT2D eigenvalue weighted by molar-refractivity contribution is 7.18. The number of hydrogen-bond donors (Lipinski definition) is 1. The molecule has 0 amide bonds. The maximum absolute atomic E-state index is 12.2. The Labute approximate surface area is 97.2 Å². The van der Waals surface area contributed by atoms with Crippen LogP contribution < -0.4 is 5.56 Å². The second kappa shape index (κ2) is 3.99. The van der Waals surface area contributed by atoms with Crippen LogP contribution >= 0.6 is 11.3 Å². The normalized spacial score (nSPS) is 11.2. The van der Waals surface area contributed by atoms with Gasteiger partial charge in [-0.15, -0.1) is 11.3 Å². The fourth-order valence-corrected chi connectivity index (χ4v) is 2.86. The van der Waals surface area contributed by atoms with Crippen LogP contribution in [-0.2, 0) is 6.54 Å². The molecule has 0 saturated carbocycles. The van der Waals surface area contributed by atoms with Gasteiger partial charge in [-0.3, -0.25) is 9.36 Å². The molecule has 2 aromatic rings. The number of hydrogen-bond acceptors (Lipinski definition) is 4. The highest BCUT2D eigenvalue weighted by atomic mass is 32.1. The molecule has 0 saturated heterocycles. The number of aliphatic hydroxyl groups is 1. The van der Waals surface area contributed by atoms with Crippen LogP contribution in [0.15, 0.2) is 4.79 Å². The van der Waals surface area contributed by atoms with Crippen LogP contribution in [0.5, 0.6) is 0 Å². The maximum Gasteiger partial charge on any atom is 0.262 e. The number of thiophene rings is 1. The predicted molar refractivity (Wildman–Crippen MR) is 65.2 cm³/mol. The Morgan fingerprint density at radius 2 is 2.06 bits per heavy atom. The van der Waals surface area contributed by atoms with Crippen LogP contribution in [0.2, 0.25) is 0 Å². The van der Waals surface area contributed by atoms with Crippen molar-refractivity contribution in [1.82, 2.24) is 9.55 Å². The Kier molecular flexibility index (Phi) is 2.82. The molecule has 0 spiro atoms. The van der Waals surface area contributed by atoms with E-state index in [2.05, 4.69) is 4.98 Å². The van der Waals surface area contributed by atoms with Crippen molar-refractivity contribution in [1.29, 1.82) is 0 Å². The molecule has 16 heavy (non-hydrogen) atoms. The van der Waals surface area contributed by atoms with E-state index in [1.165, 1.54) is 4.57 Å². The summed E-state index contributed by atoms with van der Waals surface area (Å²) < 4.78 is 1.53. The fraction of sp³-hybridized carbons (Fsp3) is 0.455. The van der Waals surface area contributed by atoms with E-state index in [0.717, 1.165) is 15.3 Å². The molecule has 86 valence electrons. The molecular formula is C11H14N2O2S. The number of aromatic nitrogens is 2. The van der Waals surface area contributed by atoms with Crippen LogP contribution in [-0.4, -0.2) is 21.3 Å². The lowest BCUT2D eigenvalue weighted by Crippen LogP contribution is -2.25. The zero-order chi connectivity index (χ0) is 11.9. The Morgan fingerprint density at radius 1 is 1.38 bits per heavy atom. The van der Waals surface area contributed by atoms with Gasteiger partial charge in [-0.25, -0.2) is 4.98 Å². The largest absolute Gasteiger partial charge is 0.395 e. The van der Waals surface area contributed by atoms with Gasteiger partial charge in [0.25, 0.3) is 5.56 Å². The molecule has 2 aromatic heterocycles. The maximum atomic E-state index is 12.2. The van der Waals surface area contributed by atoms with Gasteiger partial charge in [0.1, 0.15) is 10.7 Å². The third-order valence-electron chi connectivity index (χ3n) is 2.80. The number of nitrogens with zero attached hydrogens (tertiary/aromatic N) is 2. The van der Waals surface area contributed by atoms with E-state index in [-0.39, 0.29) is 12.2 Å². The minimum Gasteiger partial charge on any atom is -0.395 e. The molecule has 5 heteroatoms. The van der Waals surface area contributed by atoms with Gasteiger partial charge in [0.2, 0.25) is 0 Å². The first-order valence-electron chi connectivity index (χ1n) is 5.14. The Balaban J connectivity index is 2.85. The van der Waals surface area contributed by atoms with Crippen molar-refractivity contribution < 1.29 is 5.11 Å². The molecule has 4 nitrogen and oxygen atoms in total. The predicted octanol–water partition coefficient (Wildman–Crippen LogP) is 1.38. The Hall–Kier alpha value is -1.20. The van der Waals surface area contributed by atoms with E-state index in [1.54, 1.807) is 18.3 Å². The van der Waals surface area contributed by atoms with Gasteiger partial charge >= 0.3 is 0 Å². The monoisotopic (exact) mass is 238 g/mol. The zero-order valence-corrected chi connectivity index (χ0v) is 10.4. The number of aliphatic hydroxyl groups excluding tert-OH is 1. The second-order valence-corrected chi connectivity index (χ2v) is 5.01. The number of fused-ring (bicyclic) bond motifs is 1. The topological polar surface area (TPSA) is 55.1 Å². The first-order chi connectivity index (χ1) is 7.56. The van der Waals surface area contributed by atoms with Gasteiger partial charge in [0.05, 0.1) is 18.5 Å². The first kappa shape index (κ1) is 11.3. The molecular weight excluding hydrogens is 224 g/mol. The van der Waals surface area contributed by atoms with Crippen LogP contribution in [0, 0.1) is 20.8 Å². The van der Waals surface area contributed by atoms with Gasteiger partial charge in [0.15, 0.2) is 0 Å². The van der Waals surface area contributed by atoms with Crippen molar-refractivity contribution >= 4 is 21.6 Å². The highest BCUT2D eigenvalue weighted by Crippen LogP contribution is 2.25. The molecule has 0 aliphatic carbocycles. The van der Waals surface area contributed by atoms with Crippen LogP contribution in [0.3, 0.4) is 0 Å². The minimum atomic E-state index is -0.0455. The lowest BCUT2D eigenvalue weighted by atomic mass is 10.2. The third-order valence-corrected chi connectivity index (χ3v) is 3.90. The summed E-state index contributed by atoms with van der Waals surface area (Å²) in [5, 5.41) is 9.63. The van der Waals surface area contributed by atoms with Gasteiger partial charge < -0.3 is 5.11 Å². The zero-order valence-electron chi connectivity index (χ0n) is 9.57. The Bertz CT molecular complexity index is 598. The molecule has 0 fully saturated rings. The molecule has 2 rings (SSSR count). The van der Waals surface area contributed by atoms with Crippen molar-refractivity contribution in [2.45, 2.75) is 27.3 Å². The first-order valence-corrected chi connectivity index (χ1v) is 5.96. The second-order valence-electron chi connectivity index (χ2n) is 3.80. The molecule has 0 aromatic carbocycles. The highest BCUT2D eigenvalue weighted by Gasteiger charge is 2.13. The van der Waals surface area contributed by atoms with Gasteiger partial charge in [-0.2, -0.15) is 0 Å². The molecule has 0 aliphatic heterocycles. The third kappa shape index (κ3) is 1.56. The summed E-state index contributed by atoms with van der Waals surface area (Å²) >= 11 is 1.55. The molecule has 2 heterocycles. The molecule has 0 unspecified atom stereocenters. The van der Waals surface area contributed by atoms with E-state index in [0.29, 0.717) is 17.8 Å². The quantitative estimate of drug-likeness (QED) is 0.860. The van der Waals surface area contributed by atoms with Gasteiger partial charge in [0, 0.05) is 4.88 Å². The molecule has 0 radical (unpaired) electrons. The molecule has 0 bridgehead atoms. The van der Waals surface area contributed by atoms with E-state index >= 15 is 0 Å². The van der Waals surface area contributed by atoms with Crippen LogP contribution in [0.1, 0.15) is 16.3 Å². The van der Waals surface area contributed by atoms with Crippen molar-refractivity contribution in [2.24, 2.45) is 0 Å². The summed E-state index contributed by atoms with van der Waals surface area (Å²) in [7, 11) is 0. The van der Waals surface area contributed by atoms with Crippen molar-refractivity contribution in [2.75, 3.05) is 6.61 Å². The average molecular weight is 238 g/mol.